The Balaban J connectivity index is 1.55. The average Bonchev–Trinajstić information content (AvgIpc) is 3.12. The molecule has 1 aliphatic rings. The molecule has 3 aromatic carbocycles. The van der Waals surface area contributed by atoms with Crippen LogP contribution in [-0.2, 0) is 11.4 Å². The summed E-state index contributed by atoms with van der Waals surface area (Å²) in [6.45, 7) is 2.73. The summed E-state index contributed by atoms with van der Waals surface area (Å²) in [7, 11) is 1.62. The standard InChI is InChI=1S/C26H21FI2N2O3S/c1-3-31-25(32)23(35-26(31)30-19-7-9-20(33-2)10-8-19)14-17-12-21(28)24(22(29)13-17)34-15-16-5-4-6-18(27)11-16/h4-14H,3,15H2,1-2H3/b23-14+,30-26?. The van der Waals surface area contributed by atoms with Crippen LogP contribution in [0.4, 0.5) is 10.1 Å². The highest BCUT2D eigenvalue weighted by Gasteiger charge is 2.32. The summed E-state index contributed by atoms with van der Waals surface area (Å²) in [5.74, 6) is 1.14. The number of carbonyl (C=O) groups is 1. The number of likely N-dealkylation sites (N-methyl/N-ethyl adjacent to an activating group) is 1. The number of aliphatic imine (C=N–C) groups is 1. The van der Waals surface area contributed by atoms with Crippen LogP contribution in [0.5, 0.6) is 11.5 Å². The molecule has 0 saturated carbocycles. The van der Waals surface area contributed by atoms with E-state index in [0.717, 1.165) is 35.5 Å². The van der Waals surface area contributed by atoms with Gasteiger partial charge in [0.1, 0.15) is 23.9 Å². The zero-order valence-electron chi connectivity index (χ0n) is 18.9. The van der Waals surface area contributed by atoms with Crippen LogP contribution in [0.1, 0.15) is 18.1 Å². The van der Waals surface area contributed by atoms with Crippen LogP contribution in [0.3, 0.4) is 0 Å². The average molecular weight is 714 g/mol. The quantitative estimate of drug-likeness (QED) is 0.191. The molecule has 0 aromatic heterocycles. The summed E-state index contributed by atoms with van der Waals surface area (Å²) in [5.41, 5.74) is 2.42. The second-order valence-corrected chi connectivity index (χ2v) is 10.8. The zero-order valence-corrected chi connectivity index (χ0v) is 24.1. The molecule has 0 unspecified atom stereocenters. The van der Waals surface area contributed by atoms with E-state index in [1.165, 1.54) is 23.9 Å². The maximum absolute atomic E-state index is 13.5. The summed E-state index contributed by atoms with van der Waals surface area (Å²) >= 11 is 5.80. The molecule has 180 valence electrons. The van der Waals surface area contributed by atoms with Crippen molar-refractivity contribution in [2.45, 2.75) is 13.5 Å². The number of amidine groups is 1. The maximum Gasteiger partial charge on any atom is 0.266 e. The minimum atomic E-state index is -0.285. The number of thioether (sulfide) groups is 1. The van der Waals surface area contributed by atoms with Crippen molar-refractivity contribution in [3.63, 3.8) is 0 Å². The molecule has 0 radical (unpaired) electrons. The van der Waals surface area contributed by atoms with Gasteiger partial charge in [0.15, 0.2) is 5.17 Å². The first-order chi connectivity index (χ1) is 16.9. The van der Waals surface area contributed by atoms with Crippen molar-refractivity contribution in [2.24, 2.45) is 4.99 Å². The van der Waals surface area contributed by atoms with Crippen LogP contribution in [-0.4, -0.2) is 29.6 Å². The highest BCUT2D eigenvalue weighted by molar-refractivity contribution is 14.1. The first-order valence-corrected chi connectivity index (χ1v) is 13.7. The summed E-state index contributed by atoms with van der Waals surface area (Å²) in [5, 5.41) is 0.647. The lowest BCUT2D eigenvalue weighted by molar-refractivity contribution is -0.122. The van der Waals surface area contributed by atoms with Crippen molar-refractivity contribution in [1.29, 1.82) is 0 Å². The van der Waals surface area contributed by atoms with Gasteiger partial charge >= 0.3 is 0 Å². The number of hydrogen-bond acceptors (Lipinski definition) is 5. The summed E-state index contributed by atoms with van der Waals surface area (Å²) < 4.78 is 26.4. The number of methoxy groups -OCH3 is 1. The van der Waals surface area contributed by atoms with Crippen molar-refractivity contribution in [3.05, 3.63) is 89.7 Å². The van der Waals surface area contributed by atoms with Gasteiger partial charge in [-0.1, -0.05) is 12.1 Å². The number of hydrogen-bond donors (Lipinski definition) is 0. The molecule has 1 saturated heterocycles. The summed E-state index contributed by atoms with van der Waals surface area (Å²) in [6.07, 6.45) is 1.88. The van der Waals surface area contributed by atoms with Gasteiger partial charge in [0.25, 0.3) is 5.91 Å². The Kier molecular flexibility index (Phi) is 8.71. The molecule has 5 nitrogen and oxygen atoms in total. The van der Waals surface area contributed by atoms with E-state index in [-0.39, 0.29) is 18.3 Å². The van der Waals surface area contributed by atoms with Gasteiger partial charge in [-0.25, -0.2) is 9.38 Å². The van der Waals surface area contributed by atoms with E-state index in [1.807, 2.05) is 55.5 Å². The Morgan fingerprint density at radius 2 is 1.80 bits per heavy atom. The minimum Gasteiger partial charge on any atom is -0.497 e. The molecule has 35 heavy (non-hydrogen) atoms. The second kappa shape index (κ2) is 11.7. The predicted molar refractivity (Wildman–Crippen MR) is 156 cm³/mol. The SMILES string of the molecule is CCN1C(=O)/C(=C\c2cc(I)c(OCc3cccc(F)c3)c(I)c2)SC1=Nc1ccc(OC)cc1. The first-order valence-electron chi connectivity index (χ1n) is 10.7. The van der Waals surface area contributed by atoms with Crippen molar-refractivity contribution in [3.8, 4) is 11.5 Å². The van der Waals surface area contributed by atoms with Gasteiger partial charge in [0.05, 0.1) is 24.8 Å². The molecule has 1 fully saturated rings. The summed E-state index contributed by atoms with van der Waals surface area (Å²) in [4.78, 5) is 20.0. The molecule has 1 heterocycles. The third kappa shape index (κ3) is 6.36. The van der Waals surface area contributed by atoms with Gasteiger partial charge in [-0.2, -0.15) is 0 Å². The molecule has 0 bridgehead atoms. The van der Waals surface area contributed by atoms with E-state index in [4.69, 9.17) is 9.47 Å². The van der Waals surface area contributed by atoms with Crippen LogP contribution in [0.15, 0.2) is 70.6 Å². The molecule has 1 amide bonds. The molecule has 1 aliphatic heterocycles. The smallest absolute Gasteiger partial charge is 0.266 e. The van der Waals surface area contributed by atoms with Crippen LogP contribution in [0.2, 0.25) is 0 Å². The van der Waals surface area contributed by atoms with Crippen molar-refractivity contribution >= 4 is 79.8 Å². The van der Waals surface area contributed by atoms with Crippen molar-refractivity contribution in [2.75, 3.05) is 13.7 Å². The number of ether oxygens (including phenoxy) is 2. The zero-order chi connectivity index (χ0) is 24.9. The van der Waals surface area contributed by atoms with Gasteiger partial charge in [0.2, 0.25) is 0 Å². The van der Waals surface area contributed by atoms with E-state index in [1.54, 1.807) is 18.1 Å². The van der Waals surface area contributed by atoms with Crippen molar-refractivity contribution in [1.82, 2.24) is 4.90 Å². The third-order valence-corrected chi connectivity index (χ3v) is 7.70. The fourth-order valence-electron chi connectivity index (χ4n) is 3.37. The lowest BCUT2D eigenvalue weighted by atomic mass is 10.2. The Bertz CT molecular complexity index is 1290. The predicted octanol–water partition coefficient (Wildman–Crippen LogP) is 7.25. The monoisotopic (exact) mass is 714 g/mol. The van der Waals surface area contributed by atoms with Gasteiger partial charge in [0, 0.05) is 6.54 Å². The maximum atomic E-state index is 13.5. The lowest BCUT2D eigenvalue weighted by Crippen LogP contribution is -2.28. The largest absolute Gasteiger partial charge is 0.497 e. The Morgan fingerprint density at radius 3 is 2.43 bits per heavy atom. The fourth-order valence-corrected chi connectivity index (χ4v) is 6.56. The van der Waals surface area contributed by atoms with Gasteiger partial charge in [-0.3, -0.25) is 9.69 Å². The van der Waals surface area contributed by atoms with E-state index in [0.29, 0.717) is 16.6 Å². The van der Waals surface area contributed by atoms with Crippen LogP contribution < -0.4 is 9.47 Å². The number of amides is 1. The molecule has 3 aromatic rings. The van der Waals surface area contributed by atoms with Gasteiger partial charge in [-0.05, 0) is 130 Å². The number of benzene rings is 3. The first kappa shape index (κ1) is 26.0. The topological polar surface area (TPSA) is 51.1 Å². The molecule has 0 atom stereocenters. The van der Waals surface area contributed by atoms with E-state index >= 15 is 0 Å². The molecule has 9 heteroatoms. The van der Waals surface area contributed by atoms with E-state index in [9.17, 15) is 9.18 Å². The normalized spacial score (nSPS) is 15.8. The molecule has 4 rings (SSSR count). The Labute approximate surface area is 235 Å². The van der Waals surface area contributed by atoms with Crippen molar-refractivity contribution < 1.29 is 18.7 Å². The second-order valence-electron chi connectivity index (χ2n) is 7.48. The number of halogens is 3. The fraction of sp³-hybridized carbons (Fsp3) is 0.154. The molecule has 0 N–H and O–H groups in total. The Morgan fingerprint density at radius 1 is 1.09 bits per heavy atom. The van der Waals surface area contributed by atoms with Gasteiger partial charge < -0.3 is 9.47 Å². The highest BCUT2D eigenvalue weighted by Crippen LogP contribution is 2.36. The number of carbonyl (C=O) groups excluding carboxylic acids is 1. The van der Waals surface area contributed by atoms with Crippen LogP contribution in [0.25, 0.3) is 6.08 Å². The van der Waals surface area contributed by atoms with E-state index < -0.39 is 0 Å². The van der Waals surface area contributed by atoms with E-state index in [2.05, 4.69) is 50.2 Å². The number of nitrogens with zero attached hydrogens (tertiary/aromatic N) is 2. The Hall–Kier alpha value is -2.12. The molecular weight excluding hydrogens is 693 g/mol. The van der Waals surface area contributed by atoms with Crippen LogP contribution in [0, 0.1) is 13.0 Å². The van der Waals surface area contributed by atoms with Gasteiger partial charge in [-0.15, -0.1) is 0 Å². The number of rotatable bonds is 7. The third-order valence-electron chi connectivity index (χ3n) is 5.09. The molecular formula is C26H21FI2N2O3S. The molecule has 0 spiro atoms. The van der Waals surface area contributed by atoms with Crippen LogP contribution >= 0.6 is 56.9 Å². The lowest BCUT2D eigenvalue weighted by Gasteiger charge is -2.12. The highest BCUT2D eigenvalue weighted by atomic mass is 127. The molecule has 0 aliphatic carbocycles. The summed E-state index contributed by atoms with van der Waals surface area (Å²) in [6, 6.07) is 17.7. The minimum absolute atomic E-state index is 0.0683.